The molecule has 0 aliphatic carbocycles. The highest BCUT2D eigenvalue weighted by Gasteiger charge is 2.10. The van der Waals surface area contributed by atoms with Crippen LogP contribution in [0.25, 0.3) is 5.78 Å². The Bertz CT molecular complexity index is 719. The smallest absolute Gasteiger partial charge is 0.256 e. The zero-order chi connectivity index (χ0) is 13.4. The van der Waals surface area contributed by atoms with Crippen LogP contribution in [-0.4, -0.2) is 29.4 Å². The van der Waals surface area contributed by atoms with E-state index in [9.17, 15) is 0 Å². The van der Waals surface area contributed by atoms with E-state index in [1.54, 1.807) is 16.9 Å². The van der Waals surface area contributed by atoms with E-state index in [0.29, 0.717) is 22.6 Å². The minimum absolute atomic E-state index is 0.268. The van der Waals surface area contributed by atoms with Gasteiger partial charge in [0.05, 0.1) is 12.4 Å². The van der Waals surface area contributed by atoms with Crippen molar-refractivity contribution < 1.29 is 4.74 Å². The van der Waals surface area contributed by atoms with Crippen molar-refractivity contribution in [1.29, 1.82) is 0 Å². The average molecular weight is 279 g/mol. The van der Waals surface area contributed by atoms with E-state index in [2.05, 4.69) is 20.2 Å². The second-order valence-corrected chi connectivity index (χ2v) is 4.63. The van der Waals surface area contributed by atoms with Gasteiger partial charge in [-0.15, -0.1) is 0 Å². The highest BCUT2D eigenvalue weighted by atomic mass is 35.5. The second kappa shape index (κ2) is 4.51. The molecular formula is C11H11ClN6O. The van der Waals surface area contributed by atoms with Crippen LogP contribution in [0.3, 0.4) is 0 Å². The number of hydrogen-bond acceptors (Lipinski definition) is 5. The van der Waals surface area contributed by atoms with Gasteiger partial charge >= 0.3 is 0 Å². The highest BCUT2D eigenvalue weighted by Crippen LogP contribution is 2.23. The molecule has 8 heteroatoms. The fourth-order valence-electron chi connectivity index (χ4n) is 1.61. The van der Waals surface area contributed by atoms with Crippen LogP contribution in [0.5, 0.6) is 11.6 Å². The van der Waals surface area contributed by atoms with Crippen LogP contribution in [-0.2, 0) is 0 Å². The van der Waals surface area contributed by atoms with Gasteiger partial charge in [0.25, 0.3) is 5.78 Å². The summed E-state index contributed by atoms with van der Waals surface area (Å²) >= 11 is 5.91. The molecule has 0 aliphatic rings. The predicted molar refractivity (Wildman–Crippen MR) is 68.5 cm³/mol. The van der Waals surface area contributed by atoms with Crippen LogP contribution in [0.2, 0.25) is 5.15 Å². The van der Waals surface area contributed by atoms with Crippen molar-refractivity contribution in [1.82, 2.24) is 29.4 Å². The van der Waals surface area contributed by atoms with Gasteiger partial charge in [0.1, 0.15) is 11.5 Å². The summed E-state index contributed by atoms with van der Waals surface area (Å²) < 4.78 is 8.99. The Kier molecular flexibility index (Phi) is 2.83. The number of aromatic nitrogens is 6. The maximum Gasteiger partial charge on any atom is 0.256 e. The van der Waals surface area contributed by atoms with Crippen molar-refractivity contribution in [2.24, 2.45) is 0 Å². The third-order valence-corrected chi connectivity index (χ3v) is 2.71. The molecule has 0 bridgehead atoms. The normalized spacial score (nSPS) is 11.4. The quantitative estimate of drug-likeness (QED) is 0.688. The van der Waals surface area contributed by atoms with Crippen molar-refractivity contribution in [3.8, 4) is 11.6 Å². The lowest BCUT2D eigenvalue weighted by Crippen LogP contribution is -2.00. The summed E-state index contributed by atoms with van der Waals surface area (Å²) in [6.07, 6.45) is 4.84. The first-order valence-electron chi connectivity index (χ1n) is 5.72. The topological polar surface area (TPSA) is 70.1 Å². The molecule has 3 rings (SSSR count). The zero-order valence-electron chi connectivity index (χ0n) is 10.4. The van der Waals surface area contributed by atoms with Crippen LogP contribution < -0.4 is 4.74 Å². The van der Waals surface area contributed by atoms with E-state index in [0.717, 1.165) is 0 Å². The molecule has 0 radical (unpaired) electrons. The lowest BCUT2D eigenvalue weighted by atomic mass is 10.4. The molecule has 0 atom stereocenters. The summed E-state index contributed by atoms with van der Waals surface area (Å²) in [5, 5.41) is 8.53. The van der Waals surface area contributed by atoms with Crippen LogP contribution in [0.4, 0.5) is 0 Å². The fraction of sp³-hybridized carbons (Fsp3) is 0.273. The molecule has 0 amide bonds. The van der Waals surface area contributed by atoms with Crippen molar-refractivity contribution in [2.45, 2.75) is 19.9 Å². The van der Waals surface area contributed by atoms with Gasteiger partial charge in [0.2, 0.25) is 5.88 Å². The van der Waals surface area contributed by atoms with Crippen LogP contribution in [0.1, 0.15) is 19.9 Å². The lowest BCUT2D eigenvalue weighted by molar-refractivity contribution is 0.443. The zero-order valence-corrected chi connectivity index (χ0v) is 11.1. The van der Waals surface area contributed by atoms with E-state index < -0.39 is 0 Å². The molecule has 0 N–H and O–H groups in total. The number of nitrogens with zero attached hydrogens (tertiary/aromatic N) is 6. The average Bonchev–Trinajstić information content (AvgIpc) is 2.96. The first-order valence-corrected chi connectivity index (χ1v) is 6.09. The van der Waals surface area contributed by atoms with Gasteiger partial charge in [-0.05, 0) is 13.8 Å². The molecule has 0 spiro atoms. The largest absolute Gasteiger partial charge is 0.435 e. The monoisotopic (exact) mass is 278 g/mol. The van der Waals surface area contributed by atoms with Crippen molar-refractivity contribution in [3.05, 3.63) is 29.9 Å². The minimum Gasteiger partial charge on any atom is -0.435 e. The maximum absolute atomic E-state index is 5.91. The maximum atomic E-state index is 5.91. The molecule has 7 nitrogen and oxygen atoms in total. The van der Waals surface area contributed by atoms with Crippen LogP contribution >= 0.6 is 11.6 Å². The van der Waals surface area contributed by atoms with Gasteiger partial charge < -0.3 is 4.74 Å². The number of halogens is 1. The molecule has 98 valence electrons. The highest BCUT2D eigenvalue weighted by molar-refractivity contribution is 6.29. The Morgan fingerprint density at radius 2 is 2.16 bits per heavy atom. The number of fused-ring (bicyclic) bond motifs is 1. The van der Waals surface area contributed by atoms with E-state index in [4.69, 9.17) is 16.3 Å². The van der Waals surface area contributed by atoms with E-state index in [1.165, 1.54) is 10.8 Å². The summed E-state index contributed by atoms with van der Waals surface area (Å²) in [4.78, 5) is 8.00. The standard InChI is InChI=1S/C11H11ClN6O/c1-7(2)17-5-8(4-14-17)19-10-3-9(12)16-11-13-6-15-18(10)11/h3-7H,1-2H3. The SMILES string of the molecule is CC(C)n1cc(Oc2cc(Cl)nc3ncnn23)cn1. The summed E-state index contributed by atoms with van der Waals surface area (Å²) in [6, 6.07) is 1.85. The first-order chi connectivity index (χ1) is 9.13. The van der Waals surface area contributed by atoms with E-state index >= 15 is 0 Å². The van der Waals surface area contributed by atoms with Gasteiger partial charge in [0, 0.05) is 12.1 Å². The molecule has 0 fully saturated rings. The third-order valence-electron chi connectivity index (χ3n) is 2.52. The number of rotatable bonds is 3. The summed E-state index contributed by atoms with van der Waals surface area (Å²) in [6.45, 7) is 4.07. The summed E-state index contributed by atoms with van der Waals surface area (Å²) in [5.74, 6) is 1.43. The van der Waals surface area contributed by atoms with Gasteiger partial charge in [-0.25, -0.2) is 0 Å². The third kappa shape index (κ3) is 2.24. The Balaban J connectivity index is 1.97. The molecular weight excluding hydrogens is 268 g/mol. The Morgan fingerprint density at radius 1 is 1.32 bits per heavy atom. The molecule has 0 saturated heterocycles. The lowest BCUT2D eigenvalue weighted by Gasteiger charge is -2.05. The van der Waals surface area contributed by atoms with Crippen molar-refractivity contribution in [3.63, 3.8) is 0 Å². The molecule has 0 aromatic carbocycles. The van der Waals surface area contributed by atoms with Gasteiger partial charge in [-0.2, -0.15) is 24.7 Å². The van der Waals surface area contributed by atoms with E-state index in [1.807, 2.05) is 20.0 Å². The second-order valence-electron chi connectivity index (χ2n) is 4.24. The molecule has 3 heterocycles. The molecule has 0 unspecified atom stereocenters. The van der Waals surface area contributed by atoms with Crippen LogP contribution in [0, 0.1) is 0 Å². The fourth-order valence-corrected chi connectivity index (χ4v) is 1.78. The molecule has 3 aromatic heterocycles. The molecule has 19 heavy (non-hydrogen) atoms. The molecule has 3 aromatic rings. The van der Waals surface area contributed by atoms with Crippen molar-refractivity contribution in [2.75, 3.05) is 0 Å². The van der Waals surface area contributed by atoms with Crippen LogP contribution in [0.15, 0.2) is 24.8 Å². The Hall–Kier alpha value is -2.15. The molecule has 0 saturated carbocycles. The number of ether oxygens (including phenoxy) is 1. The molecule has 0 aliphatic heterocycles. The van der Waals surface area contributed by atoms with Gasteiger partial charge in [-0.1, -0.05) is 11.6 Å². The summed E-state index contributed by atoms with van der Waals surface area (Å²) in [7, 11) is 0. The summed E-state index contributed by atoms with van der Waals surface area (Å²) in [5.41, 5.74) is 0. The first kappa shape index (κ1) is 11.9. The van der Waals surface area contributed by atoms with Gasteiger partial charge in [0.15, 0.2) is 5.75 Å². The van der Waals surface area contributed by atoms with Crippen molar-refractivity contribution >= 4 is 17.4 Å². The van der Waals surface area contributed by atoms with Gasteiger partial charge in [-0.3, -0.25) is 4.68 Å². The minimum atomic E-state index is 0.268. The van der Waals surface area contributed by atoms with E-state index in [-0.39, 0.29) is 6.04 Å². The Morgan fingerprint density at radius 3 is 2.89 bits per heavy atom. The Labute approximate surface area is 113 Å². The number of hydrogen-bond donors (Lipinski definition) is 0. The predicted octanol–water partition coefficient (Wildman–Crippen LogP) is 2.35.